The van der Waals surface area contributed by atoms with Crippen molar-refractivity contribution in [3.63, 3.8) is 0 Å². The van der Waals surface area contributed by atoms with Gasteiger partial charge in [0.1, 0.15) is 5.69 Å². The third-order valence-corrected chi connectivity index (χ3v) is 3.43. The minimum absolute atomic E-state index is 0.00197. The Hall–Kier alpha value is -2.21. The summed E-state index contributed by atoms with van der Waals surface area (Å²) in [5.74, 6) is -0.845. The molecule has 0 saturated heterocycles. The number of aliphatic carboxylic acids is 1. The first-order valence-corrected chi connectivity index (χ1v) is 6.20. The van der Waals surface area contributed by atoms with Crippen LogP contribution in [-0.4, -0.2) is 25.4 Å². The highest BCUT2D eigenvalue weighted by atomic mass is 32.1. The lowest BCUT2D eigenvalue weighted by atomic mass is 10.3. The van der Waals surface area contributed by atoms with Crippen LogP contribution in [0.4, 0.5) is 0 Å². The molecule has 18 heavy (non-hydrogen) atoms. The van der Waals surface area contributed by atoms with Gasteiger partial charge in [0.15, 0.2) is 4.96 Å². The SMILES string of the molecule is O=C(O)Cc1csc2nc(-c3ccccn3)cn12. The molecule has 0 spiro atoms. The zero-order valence-electron chi connectivity index (χ0n) is 9.28. The van der Waals surface area contributed by atoms with Crippen LogP contribution in [0.5, 0.6) is 0 Å². The summed E-state index contributed by atoms with van der Waals surface area (Å²) in [6.45, 7) is 0. The molecule has 0 fully saturated rings. The van der Waals surface area contributed by atoms with Gasteiger partial charge < -0.3 is 5.11 Å². The van der Waals surface area contributed by atoms with Gasteiger partial charge in [-0.2, -0.15) is 0 Å². The second-order valence-corrected chi connectivity index (χ2v) is 4.63. The summed E-state index contributed by atoms with van der Waals surface area (Å²) < 4.78 is 1.81. The minimum atomic E-state index is -0.845. The lowest BCUT2D eigenvalue weighted by Gasteiger charge is -1.94. The van der Waals surface area contributed by atoms with Gasteiger partial charge in [0, 0.05) is 23.5 Å². The molecule has 0 atom stereocenters. The normalized spacial score (nSPS) is 10.9. The summed E-state index contributed by atoms with van der Waals surface area (Å²) >= 11 is 1.43. The predicted octanol–water partition coefficient (Wildman–Crippen LogP) is 2.08. The Labute approximate surface area is 106 Å². The fraction of sp³-hybridized carbons (Fsp3) is 0.0833. The summed E-state index contributed by atoms with van der Waals surface area (Å²) in [6, 6.07) is 5.62. The second kappa shape index (κ2) is 4.23. The Bertz CT molecular complexity index is 703. The molecule has 0 aromatic carbocycles. The molecular formula is C12H9N3O2S. The van der Waals surface area contributed by atoms with Crippen molar-refractivity contribution < 1.29 is 9.90 Å². The summed E-state index contributed by atoms with van der Waals surface area (Å²) in [5.41, 5.74) is 2.28. The highest BCUT2D eigenvalue weighted by Crippen LogP contribution is 2.22. The van der Waals surface area contributed by atoms with Crippen LogP contribution < -0.4 is 0 Å². The van der Waals surface area contributed by atoms with Gasteiger partial charge in [-0.25, -0.2) is 4.98 Å². The van der Waals surface area contributed by atoms with Crippen LogP contribution in [0.3, 0.4) is 0 Å². The summed E-state index contributed by atoms with van der Waals surface area (Å²) in [5, 5.41) is 10.6. The maximum atomic E-state index is 10.7. The predicted molar refractivity (Wildman–Crippen MR) is 67.6 cm³/mol. The van der Waals surface area contributed by atoms with Crippen LogP contribution in [0.25, 0.3) is 16.3 Å². The molecule has 6 heteroatoms. The molecule has 3 aromatic heterocycles. The molecular weight excluding hydrogens is 250 g/mol. The molecule has 3 rings (SSSR count). The van der Waals surface area contributed by atoms with Gasteiger partial charge in [0.2, 0.25) is 0 Å². The highest BCUT2D eigenvalue weighted by molar-refractivity contribution is 7.15. The van der Waals surface area contributed by atoms with Crippen molar-refractivity contribution in [1.29, 1.82) is 0 Å². The van der Waals surface area contributed by atoms with Crippen LogP contribution in [0.2, 0.25) is 0 Å². The third kappa shape index (κ3) is 1.86. The van der Waals surface area contributed by atoms with Gasteiger partial charge >= 0.3 is 5.97 Å². The summed E-state index contributed by atoms with van der Waals surface area (Å²) in [6.07, 6.45) is 3.53. The molecule has 0 amide bonds. The van der Waals surface area contributed by atoms with E-state index in [1.54, 1.807) is 6.20 Å². The van der Waals surface area contributed by atoms with E-state index in [9.17, 15) is 4.79 Å². The van der Waals surface area contributed by atoms with Crippen LogP contribution in [-0.2, 0) is 11.2 Å². The van der Waals surface area contributed by atoms with Crippen LogP contribution >= 0.6 is 11.3 Å². The summed E-state index contributed by atoms with van der Waals surface area (Å²) in [7, 11) is 0. The van der Waals surface area contributed by atoms with Crippen LogP contribution in [0.15, 0.2) is 36.0 Å². The monoisotopic (exact) mass is 259 g/mol. The molecule has 0 aliphatic carbocycles. The van der Waals surface area contributed by atoms with Gasteiger partial charge in [-0.05, 0) is 12.1 Å². The number of hydrogen-bond donors (Lipinski definition) is 1. The number of nitrogens with zero attached hydrogens (tertiary/aromatic N) is 3. The zero-order chi connectivity index (χ0) is 12.5. The van der Waals surface area contributed by atoms with Crippen molar-refractivity contribution in [2.75, 3.05) is 0 Å². The van der Waals surface area contributed by atoms with E-state index in [0.29, 0.717) is 0 Å². The number of aromatic nitrogens is 3. The number of carboxylic acids is 1. The second-order valence-electron chi connectivity index (χ2n) is 3.79. The third-order valence-electron chi connectivity index (χ3n) is 2.54. The molecule has 90 valence electrons. The minimum Gasteiger partial charge on any atom is -0.481 e. The van der Waals surface area contributed by atoms with E-state index in [2.05, 4.69) is 9.97 Å². The lowest BCUT2D eigenvalue weighted by molar-refractivity contribution is -0.136. The maximum Gasteiger partial charge on any atom is 0.309 e. The fourth-order valence-electron chi connectivity index (χ4n) is 1.75. The Morgan fingerprint density at radius 2 is 2.28 bits per heavy atom. The molecule has 0 unspecified atom stereocenters. The Kier molecular flexibility index (Phi) is 2.56. The average molecular weight is 259 g/mol. The first-order chi connectivity index (χ1) is 8.74. The Balaban J connectivity index is 2.07. The van der Waals surface area contributed by atoms with Gasteiger partial charge in [-0.3, -0.25) is 14.2 Å². The number of fused-ring (bicyclic) bond motifs is 1. The van der Waals surface area contributed by atoms with E-state index in [1.165, 1.54) is 11.3 Å². The number of thiazole rings is 1. The van der Waals surface area contributed by atoms with Gasteiger partial charge in [0.25, 0.3) is 0 Å². The van der Waals surface area contributed by atoms with E-state index < -0.39 is 5.97 Å². The van der Waals surface area contributed by atoms with Crippen molar-refractivity contribution in [3.05, 3.63) is 41.7 Å². The van der Waals surface area contributed by atoms with Crippen molar-refractivity contribution in [2.45, 2.75) is 6.42 Å². The fourth-order valence-corrected chi connectivity index (χ4v) is 2.62. The molecule has 0 saturated carbocycles. The topological polar surface area (TPSA) is 67.5 Å². The standard InChI is InChI=1S/C12H9N3O2S/c16-11(17)5-8-7-18-12-14-10(6-15(8)12)9-3-1-2-4-13-9/h1-4,6-7H,5H2,(H,16,17). The number of carbonyl (C=O) groups is 1. The smallest absolute Gasteiger partial charge is 0.309 e. The van der Waals surface area contributed by atoms with Crippen molar-refractivity contribution in [1.82, 2.24) is 14.4 Å². The quantitative estimate of drug-likeness (QED) is 0.782. The molecule has 0 aliphatic heterocycles. The molecule has 1 N–H and O–H groups in total. The number of imidazole rings is 1. The van der Waals surface area contributed by atoms with E-state index in [4.69, 9.17) is 5.11 Å². The number of rotatable bonds is 3. The van der Waals surface area contributed by atoms with E-state index in [0.717, 1.165) is 22.0 Å². The van der Waals surface area contributed by atoms with Gasteiger partial charge in [-0.15, -0.1) is 11.3 Å². The summed E-state index contributed by atoms with van der Waals surface area (Å²) in [4.78, 5) is 20.2. The number of hydrogen-bond acceptors (Lipinski definition) is 4. The maximum absolute atomic E-state index is 10.7. The van der Waals surface area contributed by atoms with Gasteiger partial charge in [0.05, 0.1) is 12.1 Å². The first kappa shape index (κ1) is 10.9. The van der Waals surface area contributed by atoms with Crippen LogP contribution in [0, 0.1) is 0 Å². The van der Waals surface area contributed by atoms with E-state index in [1.807, 2.05) is 34.2 Å². The molecule has 5 nitrogen and oxygen atoms in total. The van der Waals surface area contributed by atoms with E-state index >= 15 is 0 Å². The van der Waals surface area contributed by atoms with Gasteiger partial charge in [-0.1, -0.05) is 6.07 Å². The first-order valence-electron chi connectivity index (χ1n) is 5.33. The number of pyridine rings is 1. The van der Waals surface area contributed by atoms with Crippen molar-refractivity contribution >= 4 is 22.3 Å². The Morgan fingerprint density at radius 3 is 3.00 bits per heavy atom. The lowest BCUT2D eigenvalue weighted by Crippen LogP contribution is -2.02. The molecule has 0 aliphatic rings. The molecule has 3 heterocycles. The van der Waals surface area contributed by atoms with Crippen molar-refractivity contribution in [2.24, 2.45) is 0 Å². The van der Waals surface area contributed by atoms with Crippen LogP contribution in [0.1, 0.15) is 5.69 Å². The largest absolute Gasteiger partial charge is 0.481 e. The molecule has 0 bridgehead atoms. The Morgan fingerprint density at radius 1 is 1.39 bits per heavy atom. The van der Waals surface area contributed by atoms with E-state index in [-0.39, 0.29) is 6.42 Å². The molecule has 0 radical (unpaired) electrons. The van der Waals surface area contributed by atoms with Crippen molar-refractivity contribution in [3.8, 4) is 11.4 Å². The average Bonchev–Trinajstić information content (AvgIpc) is 2.92. The highest BCUT2D eigenvalue weighted by Gasteiger charge is 2.11. The molecule has 3 aromatic rings. The number of carboxylic acid groups (broad SMARTS) is 1. The zero-order valence-corrected chi connectivity index (χ0v) is 10.1.